The lowest BCUT2D eigenvalue weighted by Gasteiger charge is -2.29. The number of hydrogen-bond donors (Lipinski definition) is 1. The monoisotopic (exact) mass is 533 g/mol. The van der Waals surface area contributed by atoms with E-state index in [2.05, 4.69) is 10.1 Å². The van der Waals surface area contributed by atoms with Gasteiger partial charge in [0.15, 0.2) is 5.65 Å². The lowest BCUT2D eigenvalue weighted by Crippen LogP contribution is -2.43. The van der Waals surface area contributed by atoms with E-state index in [1.54, 1.807) is 9.42 Å². The molecule has 2 aliphatic rings. The van der Waals surface area contributed by atoms with Crippen LogP contribution in [0.4, 0.5) is 8.78 Å². The first-order valence-electron chi connectivity index (χ1n) is 12.5. The summed E-state index contributed by atoms with van der Waals surface area (Å²) in [5.41, 5.74) is 3.89. The van der Waals surface area contributed by atoms with Gasteiger partial charge in [-0.2, -0.15) is 5.10 Å². The molecule has 0 spiro atoms. The van der Waals surface area contributed by atoms with Gasteiger partial charge < -0.3 is 14.7 Å². The van der Waals surface area contributed by atoms with Gasteiger partial charge in [-0.25, -0.2) is 18.3 Å². The van der Waals surface area contributed by atoms with Crippen LogP contribution in [-0.4, -0.2) is 73.4 Å². The van der Waals surface area contributed by atoms with Gasteiger partial charge in [0.25, 0.3) is 5.91 Å². The number of benzene rings is 1. The minimum absolute atomic E-state index is 0.00248. The highest BCUT2D eigenvalue weighted by Crippen LogP contribution is 2.33. The fraction of sp³-hybridized carbons (Fsp3) is 0.500. The fourth-order valence-electron chi connectivity index (χ4n) is 5.49. The van der Waals surface area contributed by atoms with Gasteiger partial charge in [-0.05, 0) is 38.8 Å². The van der Waals surface area contributed by atoms with E-state index in [1.165, 1.54) is 12.1 Å². The van der Waals surface area contributed by atoms with Crippen molar-refractivity contribution in [3.63, 3.8) is 0 Å². The normalized spacial score (nSPS) is 21.7. The number of alkyl halides is 1. The molecule has 0 saturated carbocycles. The van der Waals surface area contributed by atoms with Crippen molar-refractivity contribution in [2.24, 2.45) is 0 Å². The molecule has 0 bridgehead atoms. The van der Waals surface area contributed by atoms with E-state index in [4.69, 9.17) is 16.3 Å². The first-order chi connectivity index (χ1) is 17.7. The van der Waals surface area contributed by atoms with Crippen LogP contribution in [0.25, 0.3) is 5.65 Å². The second kappa shape index (κ2) is 10.2. The summed E-state index contributed by atoms with van der Waals surface area (Å²) in [6, 6.07) is 3.18. The van der Waals surface area contributed by atoms with E-state index in [0.717, 1.165) is 29.4 Å². The van der Waals surface area contributed by atoms with Crippen LogP contribution in [-0.2, 0) is 13.1 Å². The van der Waals surface area contributed by atoms with Crippen molar-refractivity contribution in [1.82, 2.24) is 24.4 Å². The third kappa shape index (κ3) is 4.55. The average molecular weight is 534 g/mol. The molecular weight excluding hydrogens is 504 g/mol. The van der Waals surface area contributed by atoms with Gasteiger partial charge in [0.05, 0.1) is 53.4 Å². The molecule has 5 rings (SSSR count). The van der Waals surface area contributed by atoms with Crippen LogP contribution in [0.3, 0.4) is 0 Å². The maximum atomic E-state index is 14.8. The van der Waals surface area contributed by atoms with Crippen LogP contribution >= 0.6 is 11.6 Å². The summed E-state index contributed by atoms with van der Waals surface area (Å²) in [6.45, 7) is 6.41. The van der Waals surface area contributed by atoms with Crippen LogP contribution in [0.15, 0.2) is 18.2 Å². The molecule has 2 aromatic heterocycles. The fourth-order valence-corrected chi connectivity index (χ4v) is 5.61. The molecule has 3 atom stereocenters. The van der Waals surface area contributed by atoms with E-state index in [1.807, 2.05) is 25.7 Å². The van der Waals surface area contributed by atoms with Crippen LogP contribution < -0.4 is 4.74 Å². The van der Waals surface area contributed by atoms with Crippen LogP contribution in [0.5, 0.6) is 5.75 Å². The van der Waals surface area contributed by atoms with Gasteiger partial charge >= 0.3 is 0 Å². The second-order valence-corrected chi connectivity index (χ2v) is 10.1. The molecule has 4 heterocycles. The molecule has 3 unspecified atom stereocenters. The smallest absolute Gasteiger partial charge is 0.258 e. The predicted molar refractivity (Wildman–Crippen MR) is 134 cm³/mol. The number of carbonyl (C=O) groups excluding carboxylic acids is 1. The zero-order valence-corrected chi connectivity index (χ0v) is 21.8. The molecule has 0 radical (unpaired) electrons. The number of rotatable bonds is 7. The maximum Gasteiger partial charge on any atom is 0.258 e. The zero-order chi connectivity index (χ0) is 26.4. The molecule has 2 aliphatic heterocycles. The standard InChI is InChI=1S/C26H30ClF2N5O3/c1-4-17-10-20(29)22(33(17)7-8-35)13-37-23-9-16(28)5-6-18(23)26(36)32-11-19-21(12-32)31-34-15(3)24(27)14(2)30-25(19)34/h5-6,9,17,20,22,35H,4,7-8,10-13H2,1-3H3. The van der Waals surface area contributed by atoms with E-state index in [-0.39, 0.29) is 43.0 Å². The Morgan fingerprint density at radius 1 is 1.30 bits per heavy atom. The highest BCUT2D eigenvalue weighted by molar-refractivity contribution is 6.31. The lowest BCUT2D eigenvalue weighted by molar-refractivity contribution is 0.0733. The lowest BCUT2D eigenvalue weighted by atomic mass is 10.1. The number of hydrogen-bond acceptors (Lipinski definition) is 6. The molecule has 1 fully saturated rings. The molecule has 1 amide bonds. The Kier molecular flexibility index (Phi) is 7.08. The van der Waals surface area contributed by atoms with Crippen LogP contribution in [0.2, 0.25) is 5.02 Å². The summed E-state index contributed by atoms with van der Waals surface area (Å²) in [5.74, 6) is -0.824. The number of likely N-dealkylation sites (tertiary alicyclic amines) is 1. The average Bonchev–Trinajstić information content (AvgIpc) is 3.53. The van der Waals surface area contributed by atoms with Crippen molar-refractivity contribution in [3.8, 4) is 5.75 Å². The SMILES string of the molecule is CCC1CC(F)C(COc2cc(F)ccc2C(=O)N2Cc3nn4c(C)c(Cl)c(C)nc4c3C2)N1CCO. The predicted octanol–water partition coefficient (Wildman–Crippen LogP) is 3.86. The summed E-state index contributed by atoms with van der Waals surface area (Å²) in [4.78, 5) is 21.6. The van der Waals surface area contributed by atoms with E-state index >= 15 is 0 Å². The van der Waals surface area contributed by atoms with Gasteiger partial charge in [0.2, 0.25) is 0 Å². The number of aromatic nitrogens is 3. The Morgan fingerprint density at radius 2 is 2.08 bits per heavy atom. The Morgan fingerprint density at radius 3 is 2.81 bits per heavy atom. The van der Waals surface area contributed by atoms with Crippen LogP contribution in [0, 0.1) is 19.7 Å². The highest BCUT2D eigenvalue weighted by atomic mass is 35.5. The largest absolute Gasteiger partial charge is 0.491 e. The summed E-state index contributed by atoms with van der Waals surface area (Å²) >= 11 is 6.33. The minimum Gasteiger partial charge on any atom is -0.491 e. The third-order valence-electron chi connectivity index (χ3n) is 7.47. The number of ether oxygens (including phenoxy) is 1. The van der Waals surface area contributed by atoms with Gasteiger partial charge in [-0.3, -0.25) is 9.69 Å². The second-order valence-electron chi connectivity index (χ2n) is 9.71. The van der Waals surface area contributed by atoms with Gasteiger partial charge in [0, 0.05) is 24.2 Å². The number of aliphatic hydroxyl groups excluding tert-OH is 1. The molecular formula is C26H30ClF2N5O3. The van der Waals surface area contributed by atoms with E-state index < -0.39 is 18.0 Å². The Balaban J connectivity index is 1.36. The highest BCUT2D eigenvalue weighted by Gasteiger charge is 2.41. The molecule has 1 aromatic carbocycles. The van der Waals surface area contributed by atoms with E-state index in [0.29, 0.717) is 35.9 Å². The minimum atomic E-state index is -1.14. The quantitative estimate of drug-likeness (QED) is 0.497. The first-order valence-corrected chi connectivity index (χ1v) is 12.9. The molecule has 1 N–H and O–H groups in total. The third-order valence-corrected chi connectivity index (χ3v) is 8.01. The Bertz CT molecular complexity index is 1350. The molecule has 198 valence electrons. The zero-order valence-electron chi connectivity index (χ0n) is 21.0. The number of amides is 1. The number of fused-ring (bicyclic) bond motifs is 3. The first kappa shape index (κ1) is 25.8. The number of carbonyl (C=O) groups is 1. The molecule has 8 nitrogen and oxygen atoms in total. The van der Waals surface area contributed by atoms with Gasteiger partial charge in [0.1, 0.15) is 24.3 Å². The summed E-state index contributed by atoms with van der Waals surface area (Å²) in [6.07, 6.45) is -0.0343. The van der Waals surface area contributed by atoms with Gasteiger partial charge in [-0.1, -0.05) is 18.5 Å². The molecule has 37 heavy (non-hydrogen) atoms. The number of aryl methyl sites for hydroxylation is 2. The summed E-state index contributed by atoms with van der Waals surface area (Å²) in [7, 11) is 0. The molecule has 11 heteroatoms. The Labute approximate surface area is 218 Å². The van der Waals surface area contributed by atoms with Crippen molar-refractivity contribution in [1.29, 1.82) is 0 Å². The number of aliphatic hydroxyl groups is 1. The van der Waals surface area contributed by atoms with Crippen molar-refractivity contribution in [3.05, 3.63) is 57.2 Å². The van der Waals surface area contributed by atoms with Crippen LogP contribution in [0.1, 0.15) is 52.8 Å². The topological polar surface area (TPSA) is 83.2 Å². The van der Waals surface area contributed by atoms with Gasteiger partial charge in [-0.15, -0.1) is 0 Å². The number of halogens is 3. The number of nitrogens with zero attached hydrogens (tertiary/aromatic N) is 5. The molecule has 1 saturated heterocycles. The Hall–Kier alpha value is -2.82. The van der Waals surface area contributed by atoms with Crippen molar-refractivity contribution in [2.45, 2.75) is 65.0 Å². The molecule has 3 aromatic rings. The summed E-state index contributed by atoms with van der Waals surface area (Å²) < 4.78 is 36.6. The van der Waals surface area contributed by atoms with Crippen molar-refractivity contribution in [2.75, 3.05) is 19.8 Å². The van der Waals surface area contributed by atoms with Crippen molar-refractivity contribution < 1.29 is 23.4 Å². The maximum absolute atomic E-state index is 14.8. The number of β-amino-alcohol motifs (C(OH)–C–C–N with tert-alkyl or cyclic N) is 1. The van der Waals surface area contributed by atoms with Crippen molar-refractivity contribution >= 4 is 23.2 Å². The summed E-state index contributed by atoms with van der Waals surface area (Å²) in [5, 5.41) is 14.6. The van der Waals surface area contributed by atoms with E-state index in [9.17, 15) is 18.7 Å². The molecule has 0 aliphatic carbocycles.